The number of nitrogens with zero attached hydrogens (tertiary/aromatic N) is 2. The van der Waals surface area contributed by atoms with Crippen LogP contribution in [-0.2, 0) is 23.9 Å². The summed E-state index contributed by atoms with van der Waals surface area (Å²) in [5.74, 6) is -2.70. The number of unbranched alkanes of at least 4 members (excludes halogenated alkanes) is 1. The van der Waals surface area contributed by atoms with Crippen LogP contribution >= 0.6 is 0 Å². The number of aliphatic hydroxyl groups excluding tert-OH is 1. The topological polar surface area (TPSA) is 96.4 Å². The summed E-state index contributed by atoms with van der Waals surface area (Å²) in [6.07, 6.45) is 4.42. The maximum Gasteiger partial charge on any atom is 0.312 e. The highest BCUT2D eigenvalue weighted by atomic mass is 16.6. The van der Waals surface area contributed by atoms with Crippen molar-refractivity contribution in [2.75, 3.05) is 26.3 Å². The van der Waals surface area contributed by atoms with Crippen molar-refractivity contribution < 1.29 is 29.0 Å². The van der Waals surface area contributed by atoms with Gasteiger partial charge in [0.15, 0.2) is 0 Å². The summed E-state index contributed by atoms with van der Waals surface area (Å²) >= 11 is 0. The smallest absolute Gasteiger partial charge is 0.312 e. The van der Waals surface area contributed by atoms with Crippen molar-refractivity contribution in [1.82, 2.24) is 9.80 Å². The number of aliphatic hydroxyl groups is 1. The highest BCUT2D eigenvalue weighted by molar-refractivity contribution is 5.98. The van der Waals surface area contributed by atoms with Crippen molar-refractivity contribution >= 4 is 17.8 Å². The number of carbonyl (C=O) groups excluding carboxylic acids is 3. The van der Waals surface area contributed by atoms with Gasteiger partial charge in [0.05, 0.1) is 30.8 Å². The Morgan fingerprint density at radius 2 is 2.03 bits per heavy atom. The van der Waals surface area contributed by atoms with E-state index in [-0.39, 0.29) is 25.0 Å². The van der Waals surface area contributed by atoms with Crippen molar-refractivity contribution in [3.8, 4) is 0 Å². The molecule has 1 N–H and O–H groups in total. The lowest BCUT2D eigenvalue weighted by Gasteiger charge is -2.39. The molecule has 0 aromatic heterocycles. The van der Waals surface area contributed by atoms with Crippen LogP contribution in [0.4, 0.5) is 0 Å². The van der Waals surface area contributed by atoms with Crippen LogP contribution in [0.25, 0.3) is 0 Å². The molecule has 2 unspecified atom stereocenters. The van der Waals surface area contributed by atoms with Gasteiger partial charge in [-0.05, 0) is 38.7 Å². The molecule has 6 atom stereocenters. The van der Waals surface area contributed by atoms with Gasteiger partial charge in [-0.1, -0.05) is 49.8 Å². The quantitative estimate of drug-likeness (QED) is 0.372. The largest absolute Gasteiger partial charge is 0.466 e. The fourth-order valence-electron chi connectivity index (χ4n) is 6.57. The molecule has 3 heterocycles. The molecule has 2 bridgehead atoms. The molecule has 196 valence electrons. The number of amides is 2. The van der Waals surface area contributed by atoms with Gasteiger partial charge < -0.3 is 24.4 Å². The molecule has 2 amide bonds. The van der Waals surface area contributed by atoms with E-state index >= 15 is 0 Å². The summed E-state index contributed by atoms with van der Waals surface area (Å²) in [5, 5.41) is 10.5. The summed E-state index contributed by atoms with van der Waals surface area (Å²) in [4.78, 5) is 44.9. The second-order valence-corrected chi connectivity index (χ2v) is 10.3. The molecule has 1 aromatic carbocycles. The molecule has 1 aromatic rings. The molecule has 8 heteroatoms. The first-order chi connectivity index (χ1) is 17.3. The lowest BCUT2D eigenvalue weighted by molar-refractivity contribution is -0.161. The summed E-state index contributed by atoms with van der Waals surface area (Å²) < 4.78 is 12.0. The maximum atomic E-state index is 14.3. The number of esters is 1. The van der Waals surface area contributed by atoms with Crippen molar-refractivity contribution in [2.24, 2.45) is 11.8 Å². The maximum absolute atomic E-state index is 14.3. The number of rotatable bonds is 11. The second-order valence-electron chi connectivity index (χ2n) is 10.3. The number of benzene rings is 1. The van der Waals surface area contributed by atoms with Crippen LogP contribution in [0.1, 0.15) is 58.1 Å². The minimum absolute atomic E-state index is 0.193. The van der Waals surface area contributed by atoms with Crippen molar-refractivity contribution in [2.45, 2.75) is 69.7 Å². The SMILES string of the molecule is C=CCN(CCCC)C(=O)C1N([C@H](CO)c2ccccc2)C(=O)[C@@H]2[C@H](C(=O)OCC)[C@]3(C)CCC12O3. The Balaban J connectivity index is 1.84. The molecule has 1 spiro atoms. The lowest BCUT2D eigenvalue weighted by atomic mass is 9.66. The van der Waals surface area contributed by atoms with E-state index in [1.54, 1.807) is 17.9 Å². The Labute approximate surface area is 213 Å². The Hall–Kier alpha value is -2.71. The Morgan fingerprint density at radius 1 is 1.31 bits per heavy atom. The molecule has 3 aliphatic rings. The van der Waals surface area contributed by atoms with Crippen LogP contribution in [0, 0.1) is 11.8 Å². The first-order valence-electron chi connectivity index (χ1n) is 13.0. The van der Waals surface area contributed by atoms with E-state index in [4.69, 9.17) is 9.47 Å². The Bertz CT molecular complexity index is 999. The summed E-state index contributed by atoms with van der Waals surface area (Å²) in [6.45, 7) is 10.2. The van der Waals surface area contributed by atoms with Crippen molar-refractivity contribution in [3.05, 3.63) is 48.6 Å². The van der Waals surface area contributed by atoms with Crippen LogP contribution in [0.5, 0.6) is 0 Å². The van der Waals surface area contributed by atoms with E-state index < -0.39 is 41.1 Å². The molecule has 36 heavy (non-hydrogen) atoms. The minimum Gasteiger partial charge on any atom is -0.466 e. The second kappa shape index (κ2) is 10.3. The third kappa shape index (κ3) is 4.04. The zero-order valence-corrected chi connectivity index (χ0v) is 21.5. The molecule has 3 saturated heterocycles. The van der Waals surface area contributed by atoms with Crippen LogP contribution in [-0.4, -0.2) is 76.2 Å². The third-order valence-corrected chi connectivity index (χ3v) is 8.12. The number of carbonyl (C=O) groups is 3. The lowest BCUT2D eigenvalue weighted by Crippen LogP contribution is -2.57. The number of hydrogen-bond donors (Lipinski definition) is 1. The molecular formula is C28H38N2O6. The number of ether oxygens (including phenoxy) is 2. The predicted molar refractivity (Wildman–Crippen MR) is 134 cm³/mol. The summed E-state index contributed by atoms with van der Waals surface area (Å²) in [6, 6.07) is 7.49. The van der Waals surface area contributed by atoms with E-state index in [1.807, 2.05) is 37.3 Å². The van der Waals surface area contributed by atoms with E-state index in [1.165, 1.54) is 4.90 Å². The fourth-order valence-corrected chi connectivity index (χ4v) is 6.57. The van der Waals surface area contributed by atoms with Crippen LogP contribution in [0.2, 0.25) is 0 Å². The Morgan fingerprint density at radius 3 is 2.64 bits per heavy atom. The first kappa shape index (κ1) is 26.4. The Kier molecular flexibility index (Phi) is 7.57. The van der Waals surface area contributed by atoms with E-state index in [0.29, 0.717) is 25.9 Å². The third-order valence-electron chi connectivity index (χ3n) is 8.12. The molecule has 0 radical (unpaired) electrons. The molecule has 4 rings (SSSR count). The number of likely N-dealkylation sites (tertiary alicyclic amines) is 1. The van der Waals surface area contributed by atoms with Gasteiger partial charge in [-0.3, -0.25) is 14.4 Å². The van der Waals surface area contributed by atoms with E-state index in [0.717, 1.165) is 18.4 Å². The molecular weight excluding hydrogens is 460 g/mol. The molecule has 0 aliphatic carbocycles. The fraction of sp³-hybridized carbons (Fsp3) is 0.607. The van der Waals surface area contributed by atoms with Gasteiger partial charge in [0.25, 0.3) is 0 Å². The van der Waals surface area contributed by atoms with Gasteiger partial charge >= 0.3 is 5.97 Å². The molecule has 3 fully saturated rings. The van der Waals surface area contributed by atoms with E-state index in [9.17, 15) is 19.5 Å². The zero-order chi connectivity index (χ0) is 26.1. The van der Waals surface area contributed by atoms with Crippen LogP contribution in [0.3, 0.4) is 0 Å². The van der Waals surface area contributed by atoms with Crippen molar-refractivity contribution in [1.29, 1.82) is 0 Å². The number of fused-ring (bicyclic) bond motifs is 1. The molecule has 0 saturated carbocycles. The number of hydrogen-bond acceptors (Lipinski definition) is 6. The zero-order valence-electron chi connectivity index (χ0n) is 21.5. The van der Waals surface area contributed by atoms with Gasteiger partial charge in [-0.15, -0.1) is 6.58 Å². The van der Waals surface area contributed by atoms with Gasteiger partial charge in [-0.25, -0.2) is 0 Å². The van der Waals surface area contributed by atoms with Crippen molar-refractivity contribution in [3.63, 3.8) is 0 Å². The van der Waals surface area contributed by atoms with Crippen LogP contribution in [0.15, 0.2) is 43.0 Å². The van der Waals surface area contributed by atoms with Gasteiger partial charge in [0.2, 0.25) is 11.8 Å². The molecule has 8 nitrogen and oxygen atoms in total. The monoisotopic (exact) mass is 498 g/mol. The normalized spacial score (nSPS) is 31.3. The highest BCUT2D eigenvalue weighted by Crippen LogP contribution is 2.64. The summed E-state index contributed by atoms with van der Waals surface area (Å²) in [5.41, 5.74) is -1.32. The van der Waals surface area contributed by atoms with Gasteiger partial charge in [-0.2, -0.15) is 0 Å². The van der Waals surface area contributed by atoms with E-state index in [2.05, 4.69) is 13.5 Å². The van der Waals surface area contributed by atoms with Gasteiger partial charge in [0, 0.05) is 13.1 Å². The first-order valence-corrected chi connectivity index (χ1v) is 13.0. The minimum atomic E-state index is -1.16. The summed E-state index contributed by atoms with van der Waals surface area (Å²) in [7, 11) is 0. The molecule has 3 aliphatic heterocycles. The average Bonchev–Trinajstić information content (AvgIpc) is 3.44. The van der Waals surface area contributed by atoms with Gasteiger partial charge in [0.1, 0.15) is 17.6 Å². The predicted octanol–water partition coefficient (Wildman–Crippen LogP) is 2.86. The average molecular weight is 499 g/mol. The standard InChI is InChI=1S/C28H38N2O6/c1-5-8-17-29(16-6-2)25(33)23-28-15-14-27(4,36-28)22(26(34)35-7-3)21(28)24(32)30(23)20(18-31)19-12-10-9-11-13-19/h6,9-13,20-23,31H,2,5,7-8,14-18H2,1,3-4H3/t20-,21+,22-,23?,27+,28?/m1/s1. The highest BCUT2D eigenvalue weighted by Gasteiger charge is 2.79. The van der Waals surface area contributed by atoms with Crippen LogP contribution < -0.4 is 0 Å².